The molecule has 6 nitrogen and oxygen atoms in total. The maximum absolute atomic E-state index is 13.8. The van der Waals surface area contributed by atoms with Crippen LogP contribution in [0.2, 0.25) is 0 Å². The van der Waals surface area contributed by atoms with Crippen molar-refractivity contribution in [3.05, 3.63) is 94.4 Å². The number of hydrogen-bond donors (Lipinski definition) is 0. The largest absolute Gasteiger partial charge is 0.496 e. The molecule has 1 aliphatic heterocycles. The zero-order valence-electron chi connectivity index (χ0n) is 19.7. The Kier molecular flexibility index (Phi) is 8.63. The number of carbonyl (C=O) groups is 2. The lowest BCUT2D eigenvalue weighted by atomic mass is 9.93. The fourth-order valence-electron chi connectivity index (χ4n) is 3.80. The number of carbonyl (C=O) groups excluding carboxylic acids is 2. The molecular weight excluding hydrogens is 740 g/mol. The third-order valence-corrected chi connectivity index (χ3v) is 7.93. The van der Waals surface area contributed by atoms with Gasteiger partial charge in [-0.15, -0.1) is 0 Å². The molecule has 1 aliphatic rings. The van der Waals surface area contributed by atoms with Gasteiger partial charge in [-0.25, -0.2) is 4.79 Å². The maximum Gasteiger partial charge on any atom is 0.348 e. The Morgan fingerprint density at radius 3 is 1.92 bits per heavy atom. The molecule has 4 rings (SSSR count). The first kappa shape index (κ1) is 27.6. The molecule has 0 saturated carbocycles. The van der Waals surface area contributed by atoms with E-state index in [1.807, 2.05) is 12.1 Å². The second kappa shape index (κ2) is 11.6. The Labute approximate surface area is 247 Å². The van der Waals surface area contributed by atoms with E-state index in [4.69, 9.17) is 18.9 Å². The van der Waals surface area contributed by atoms with Crippen LogP contribution in [0, 0.1) is 0 Å². The molecule has 3 aromatic rings. The van der Waals surface area contributed by atoms with E-state index in [9.17, 15) is 9.59 Å². The van der Waals surface area contributed by atoms with Crippen LogP contribution in [0.15, 0.2) is 77.8 Å². The van der Waals surface area contributed by atoms with Crippen molar-refractivity contribution in [2.24, 2.45) is 0 Å². The number of rotatable bonds is 7. The molecule has 3 aromatic carbocycles. The van der Waals surface area contributed by atoms with Crippen molar-refractivity contribution in [1.82, 2.24) is 0 Å². The topological polar surface area (TPSA) is 71.1 Å². The molecule has 0 bridgehead atoms. The quantitative estimate of drug-likeness (QED) is 0.138. The van der Waals surface area contributed by atoms with Gasteiger partial charge in [0.1, 0.15) is 28.6 Å². The number of hydrogen-bond acceptors (Lipinski definition) is 6. The number of halogens is 4. The highest BCUT2D eigenvalue weighted by Gasteiger charge is 2.36. The molecule has 37 heavy (non-hydrogen) atoms. The van der Waals surface area contributed by atoms with Crippen LogP contribution < -0.4 is 14.2 Å². The molecular formula is C27H18Br4O6. The predicted molar refractivity (Wildman–Crippen MR) is 155 cm³/mol. The minimum absolute atomic E-state index is 0.0835. The SMILES string of the molecule is COc1ccc(/C=C2\OC(=O)C(C(=O)c3cc(Br)c(OC)c(Br)c3)=C2c2ccc(OC)c(Br)c2)cc1Br. The molecule has 0 N–H and O–H groups in total. The standard InChI is InChI=1S/C27H18Br4O6/c1-34-20-6-4-13(8-16(20)28)9-22-23(14-5-7-21(35-2)17(29)10-14)24(27(33)37-22)25(32)15-11-18(30)26(36-3)19(31)12-15/h4-12H,1-3H3/b22-9-. The van der Waals surface area contributed by atoms with E-state index in [1.165, 1.54) is 7.11 Å². The smallest absolute Gasteiger partial charge is 0.348 e. The van der Waals surface area contributed by atoms with Crippen LogP contribution in [0.25, 0.3) is 11.6 Å². The lowest BCUT2D eigenvalue weighted by molar-refractivity contribution is -0.132. The number of esters is 1. The van der Waals surface area contributed by atoms with E-state index in [2.05, 4.69) is 63.7 Å². The first-order chi connectivity index (χ1) is 17.7. The van der Waals surface area contributed by atoms with Crippen molar-refractivity contribution in [2.45, 2.75) is 0 Å². The van der Waals surface area contributed by atoms with Gasteiger partial charge < -0.3 is 18.9 Å². The van der Waals surface area contributed by atoms with Gasteiger partial charge in [-0.2, -0.15) is 0 Å². The summed E-state index contributed by atoms with van der Waals surface area (Å²) in [5.74, 6) is 0.810. The number of Topliss-reactive ketones (excluding diaryl/α,β-unsaturated/α-hetero) is 1. The van der Waals surface area contributed by atoms with Crippen LogP contribution in [-0.2, 0) is 9.53 Å². The number of cyclic esters (lactones) is 1. The average molecular weight is 758 g/mol. The molecule has 0 fully saturated rings. The van der Waals surface area contributed by atoms with Crippen molar-refractivity contribution in [2.75, 3.05) is 21.3 Å². The Morgan fingerprint density at radius 2 is 1.38 bits per heavy atom. The van der Waals surface area contributed by atoms with E-state index in [1.54, 1.807) is 56.7 Å². The molecule has 0 spiro atoms. The Balaban J connectivity index is 1.93. The molecule has 10 heteroatoms. The van der Waals surface area contributed by atoms with Crippen molar-refractivity contribution in [3.8, 4) is 17.2 Å². The third kappa shape index (κ3) is 5.57. The van der Waals surface area contributed by atoms with E-state index in [-0.39, 0.29) is 16.9 Å². The molecule has 0 aromatic heterocycles. The second-order valence-electron chi connectivity index (χ2n) is 7.69. The van der Waals surface area contributed by atoms with E-state index in [0.29, 0.717) is 41.8 Å². The summed E-state index contributed by atoms with van der Waals surface area (Å²) in [6, 6.07) is 14.0. The van der Waals surface area contributed by atoms with E-state index in [0.717, 1.165) is 10.0 Å². The fourth-order valence-corrected chi connectivity index (χ4v) is 6.41. The third-order valence-electron chi connectivity index (χ3n) is 5.51. The van der Waals surface area contributed by atoms with Gasteiger partial charge in [0.15, 0.2) is 0 Å². The highest BCUT2D eigenvalue weighted by Crippen LogP contribution is 2.41. The number of allylic oxidation sites excluding steroid dienone is 1. The van der Waals surface area contributed by atoms with E-state index < -0.39 is 11.8 Å². The highest BCUT2D eigenvalue weighted by molar-refractivity contribution is 9.11. The first-order valence-electron chi connectivity index (χ1n) is 10.6. The minimum atomic E-state index is -0.742. The molecule has 0 saturated heterocycles. The maximum atomic E-state index is 13.8. The molecule has 1 heterocycles. The molecule has 0 atom stereocenters. The number of benzene rings is 3. The second-order valence-corrected chi connectivity index (χ2v) is 11.1. The molecule has 0 radical (unpaired) electrons. The van der Waals surface area contributed by atoms with Crippen molar-refractivity contribution in [3.63, 3.8) is 0 Å². The van der Waals surface area contributed by atoms with Crippen molar-refractivity contribution >= 4 is 87.1 Å². The van der Waals surface area contributed by atoms with Gasteiger partial charge in [-0.3, -0.25) is 4.79 Å². The zero-order valence-corrected chi connectivity index (χ0v) is 26.0. The van der Waals surface area contributed by atoms with Crippen LogP contribution in [0.1, 0.15) is 21.5 Å². The Bertz CT molecular complexity index is 1470. The lowest BCUT2D eigenvalue weighted by Gasteiger charge is -2.11. The van der Waals surface area contributed by atoms with E-state index >= 15 is 0 Å². The number of ketones is 1. The van der Waals surface area contributed by atoms with Crippen LogP contribution >= 0.6 is 63.7 Å². The molecule has 0 amide bonds. The highest BCUT2D eigenvalue weighted by atomic mass is 79.9. The fraction of sp³-hybridized carbons (Fsp3) is 0.111. The molecule has 190 valence electrons. The minimum Gasteiger partial charge on any atom is -0.496 e. The summed E-state index contributed by atoms with van der Waals surface area (Å²) in [6.45, 7) is 0. The summed E-state index contributed by atoms with van der Waals surface area (Å²) >= 11 is 13.8. The first-order valence-corrected chi connectivity index (χ1v) is 13.8. The van der Waals surface area contributed by atoms with Crippen LogP contribution in [0.5, 0.6) is 17.2 Å². The average Bonchev–Trinajstić information content (AvgIpc) is 3.18. The number of ether oxygens (including phenoxy) is 4. The van der Waals surface area contributed by atoms with Gasteiger partial charge in [-0.1, -0.05) is 12.1 Å². The van der Waals surface area contributed by atoms with Gasteiger partial charge in [0.25, 0.3) is 0 Å². The van der Waals surface area contributed by atoms with Gasteiger partial charge in [0, 0.05) is 11.1 Å². The van der Waals surface area contributed by atoms with Crippen molar-refractivity contribution in [1.29, 1.82) is 0 Å². The Hall–Kier alpha value is -2.40. The Morgan fingerprint density at radius 1 is 0.784 bits per heavy atom. The van der Waals surface area contributed by atoms with Gasteiger partial charge in [-0.05, 0) is 117 Å². The van der Waals surface area contributed by atoms with Crippen LogP contribution in [-0.4, -0.2) is 33.1 Å². The molecule has 0 aliphatic carbocycles. The van der Waals surface area contributed by atoms with Crippen LogP contribution in [0.3, 0.4) is 0 Å². The summed E-state index contributed by atoms with van der Waals surface area (Å²) in [5.41, 5.74) is 1.91. The predicted octanol–water partition coefficient (Wildman–Crippen LogP) is 8.00. The van der Waals surface area contributed by atoms with Gasteiger partial charge >= 0.3 is 5.97 Å². The van der Waals surface area contributed by atoms with Gasteiger partial charge in [0.2, 0.25) is 5.78 Å². The number of methoxy groups -OCH3 is 3. The van der Waals surface area contributed by atoms with Gasteiger partial charge in [0.05, 0.1) is 39.2 Å². The summed E-state index contributed by atoms with van der Waals surface area (Å²) < 4.78 is 24.2. The summed E-state index contributed by atoms with van der Waals surface area (Å²) in [4.78, 5) is 26.9. The van der Waals surface area contributed by atoms with Crippen LogP contribution in [0.4, 0.5) is 0 Å². The van der Waals surface area contributed by atoms with Crippen molar-refractivity contribution < 1.29 is 28.5 Å². The summed E-state index contributed by atoms with van der Waals surface area (Å²) in [6.07, 6.45) is 1.70. The normalized spacial score (nSPS) is 14.1. The molecule has 0 unspecified atom stereocenters. The monoisotopic (exact) mass is 754 g/mol. The summed E-state index contributed by atoms with van der Waals surface area (Å²) in [5, 5.41) is 0. The lowest BCUT2D eigenvalue weighted by Crippen LogP contribution is -2.11. The summed E-state index contributed by atoms with van der Waals surface area (Å²) in [7, 11) is 4.66. The zero-order chi connectivity index (χ0) is 26.9.